The minimum Gasteiger partial charge on any atom is -0.497 e. The summed E-state index contributed by atoms with van der Waals surface area (Å²) in [6.07, 6.45) is 0.819. The molecule has 1 aromatic heterocycles. The number of nitrogens with two attached hydrogens (primary N) is 1. The van der Waals surface area contributed by atoms with Crippen LogP contribution in [0, 0.1) is 6.92 Å². The first-order chi connectivity index (χ1) is 10.6. The summed E-state index contributed by atoms with van der Waals surface area (Å²) in [5.74, 6) is 2.56. The van der Waals surface area contributed by atoms with Gasteiger partial charge >= 0.3 is 0 Å². The van der Waals surface area contributed by atoms with Crippen molar-refractivity contribution in [2.75, 3.05) is 25.3 Å². The van der Waals surface area contributed by atoms with Crippen LogP contribution in [-0.4, -0.2) is 24.2 Å². The van der Waals surface area contributed by atoms with Crippen LogP contribution in [0.4, 0.5) is 11.8 Å². The molecule has 0 saturated carbocycles. The van der Waals surface area contributed by atoms with Crippen molar-refractivity contribution in [1.82, 2.24) is 9.97 Å². The predicted molar refractivity (Wildman–Crippen MR) is 87.4 cm³/mol. The maximum atomic E-state index is 5.76. The SMILES string of the molecule is CCc1nc(N)nc(NCc2ccc(OC)cc2OC)c1C. The fourth-order valence-corrected chi connectivity index (χ4v) is 2.28. The number of aromatic nitrogens is 2. The van der Waals surface area contributed by atoms with Gasteiger partial charge in [0.2, 0.25) is 5.95 Å². The van der Waals surface area contributed by atoms with Gasteiger partial charge in [-0.3, -0.25) is 0 Å². The van der Waals surface area contributed by atoms with Gasteiger partial charge in [-0.1, -0.05) is 6.92 Å². The second-order valence-electron chi connectivity index (χ2n) is 4.89. The first-order valence-electron chi connectivity index (χ1n) is 7.16. The Labute approximate surface area is 130 Å². The molecule has 0 fully saturated rings. The van der Waals surface area contributed by atoms with Gasteiger partial charge in [0.1, 0.15) is 17.3 Å². The van der Waals surface area contributed by atoms with Gasteiger partial charge in [0.25, 0.3) is 0 Å². The number of nitrogen functional groups attached to an aromatic ring is 1. The molecule has 0 bridgehead atoms. The molecule has 22 heavy (non-hydrogen) atoms. The molecule has 0 unspecified atom stereocenters. The molecule has 0 amide bonds. The van der Waals surface area contributed by atoms with Crippen LogP contribution in [0.2, 0.25) is 0 Å². The molecule has 0 spiro atoms. The van der Waals surface area contributed by atoms with Crippen molar-refractivity contribution in [2.24, 2.45) is 0 Å². The number of nitrogens with one attached hydrogen (secondary N) is 1. The zero-order valence-corrected chi connectivity index (χ0v) is 13.4. The van der Waals surface area contributed by atoms with Crippen LogP contribution in [-0.2, 0) is 13.0 Å². The molecule has 0 aliphatic carbocycles. The number of aryl methyl sites for hydroxylation is 1. The van der Waals surface area contributed by atoms with Gasteiger partial charge in [-0.2, -0.15) is 4.98 Å². The summed E-state index contributed by atoms with van der Waals surface area (Å²) in [7, 11) is 3.27. The van der Waals surface area contributed by atoms with Crippen molar-refractivity contribution in [1.29, 1.82) is 0 Å². The molecule has 6 nitrogen and oxygen atoms in total. The lowest BCUT2D eigenvalue weighted by Crippen LogP contribution is -2.10. The first-order valence-corrected chi connectivity index (χ1v) is 7.16. The van der Waals surface area contributed by atoms with Crippen LogP contribution in [0.5, 0.6) is 11.5 Å². The molecular formula is C16H22N4O2. The third-order valence-electron chi connectivity index (χ3n) is 3.54. The number of ether oxygens (including phenoxy) is 2. The standard InChI is InChI=1S/C16H22N4O2/c1-5-13-10(2)15(20-16(17)19-13)18-9-11-6-7-12(21-3)8-14(11)22-4/h6-8H,5,9H2,1-4H3,(H3,17,18,19,20). The van der Waals surface area contributed by atoms with Crippen molar-refractivity contribution in [3.05, 3.63) is 35.0 Å². The molecule has 0 radical (unpaired) electrons. The average Bonchev–Trinajstić information content (AvgIpc) is 2.55. The summed E-state index contributed by atoms with van der Waals surface area (Å²) < 4.78 is 10.6. The molecule has 1 aromatic carbocycles. The molecule has 2 rings (SSSR count). The normalized spacial score (nSPS) is 10.4. The van der Waals surface area contributed by atoms with Crippen LogP contribution in [0.1, 0.15) is 23.7 Å². The van der Waals surface area contributed by atoms with E-state index in [1.165, 1.54) is 0 Å². The Bertz CT molecular complexity index is 659. The van der Waals surface area contributed by atoms with Crippen LogP contribution in [0.25, 0.3) is 0 Å². The molecule has 1 heterocycles. The smallest absolute Gasteiger partial charge is 0.222 e. The summed E-state index contributed by atoms with van der Waals surface area (Å²) in [6, 6.07) is 5.72. The molecule has 2 aromatic rings. The van der Waals surface area contributed by atoms with Crippen molar-refractivity contribution in [2.45, 2.75) is 26.8 Å². The molecule has 3 N–H and O–H groups in total. The molecule has 0 aliphatic heterocycles. The number of hydrogen-bond donors (Lipinski definition) is 2. The van der Waals surface area contributed by atoms with Gasteiger partial charge < -0.3 is 20.5 Å². The van der Waals surface area contributed by atoms with Crippen molar-refractivity contribution < 1.29 is 9.47 Å². The Hall–Kier alpha value is -2.50. The van der Waals surface area contributed by atoms with Crippen LogP contribution >= 0.6 is 0 Å². The first kappa shape index (κ1) is 15.9. The van der Waals surface area contributed by atoms with Crippen molar-refractivity contribution >= 4 is 11.8 Å². The third kappa shape index (κ3) is 3.39. The molecule has 0 atom stereocenters. The second-order valence-corrected chi connectivity index (χ2v) is 4.89. The van der Waals surface area contributed by atoms with Crippen LogP contribution in [0.15, 0.2) is 18.2 Å². The highest BCUT2D eigenvalue weighted by Crippen LogP contribution is 2.26. The maximum Gasteiger partial charge on any atom is 0.222 e. The highest BCUT2D eigenvalue weighted by atomic mass is 16.5. The van der Waals surface area contributed by atoms with Gasteiger partial charge in [0, 0.05) is 23.7 Å². The number of anilines is 2. The Morgan fingerprint density at radius 3 is 2.59 bits per heavy atom. The molecule has 6 heteroatoms. The quantitative estimate of drug-likeness (QED) is 0.853. The Balaban J connectivity index is 2.22. The zero-order chi connectivity index (χ0) is 16.1. The van der Waals surface area contributed by atoms with E-state index in [1.54, 1.807) is 14.2 Å². The van der Waals surface area contributed by atoms with E-state index in [-0.39, 0.29) is 5.95 Å². The summed E-state index contributed by atoms with van der Waals surface area (Å²) in [6.45, 7) is 4.62. The maximum absolute atomic E-state index is 5.76. The zero-order valence-electron chi connectivity index (χ0n) is 13.4. The summed E-state index contributed by atoms with van der Waals surface area (Å²) in [5.41, 5.74) is 8.75. The van der Waals surface area contributed by atoms with Crippen molar-refractivity contribution in [3.63, 3.8) is 0 Å². The largest absolute Gasteiger partial charge is 0.497 e. The highest BCUT2D eigenvalue weighted by molar-refractivity contribution is 5.50. The van der Waals surface area contributed by atoms with E-state index in [4.69, 9.17) is 15.2 Å². The topological polar surface area (TPSA) is 82.3 Å². The second kappa shape index (κ2) is 6.98. The van der Waals surface area contributed by atoms with Gasteiger partial charge in [-0.05, 0) is 25.5 Å². The van der Waals surface area contributed by atoms with Crippen LogP contribution in [0.3, 0.4) is 0 Å². The fraction of sp³-hybridized carbons (Fsp3) is 0.375. The molecule has 118 valence electrons. The lowest BCUT2D eigenvalue weighted by Gasteiger charge is -2.14. The summed E-state index contributed by atoms with van der Waals surface area (Å²) >= 11 is 0. The Kier molecular flexibility index (Phi) is 5.04. The minimum absolute atomic E-state index is 0.284. The number of hydrogen-bond acceptors (Lipinski definition) is 6. The number of nitrogens with zero attached hydrogens (tertiary/aromatic N) is 2. The van der Waals surface area contributed by atoms with E-state index in [1.807, 2.05) is 32.0 Å². The lowest BCUT2D eigenvalue weighted by atomic mass is 10.1. The van der Waals surface area contributed by atoms with E-state index in [0.717, 1.165) is 40.6 Å². The average molecular weight is 302 g/mol. The number of benzene rings is 1. The van der Waals surface area contributed by atoms with Gasteiger partial charge in [0.15, 0.2) is 0 Å². The van der Waals surface area contributed by atoms with Gasteiger partial charge in [-0.15, -0.1) is 0 Å². The van der Waals surface area contributed by atoms with Gasteiger partial charge in [-0.25, -0.2) is 4.98 Å². The van der Waals surface area contributed by atoms with Crippen molar-refractivity contribution in [3.8, 4) is 11.5 Å². The summed E-state index contributed by atoms with van der Waals surface area (Å²) in [5, 5.41) is 3.31. The molecule has 0 aliphatic rings. The van der Waals surface area contributed by atoms with E-state index >= 15 is 0 Å². The van der Waals surface area contributed by atoms with E-state index in [2.05, 4.69) is 15.3 Å². The molecular weight excluding hydrogens is 280 g/mol. The summed E-state index contributed by atoms with van der Waals surface area (Å²) in [4.78, 5) is 8.52. The highest BCUT2D eigenvalue weighted by Gasteiger charge is 2.10. The Morgan fingerprint density at radius 1 is 1.18 bits per heavy atom. The minimum atomic E-state index is 0.284. The third-order valence-corrected chi connectivity index (χ3v) is 3.54. The fourth-order valence-electron chi connectivity index (χ4n) is 2.28. The Morgan fingerprint density at radius 2 is 1.95 bits per heavy atom. The monoisotopic (exact) mass is 302 g/mol. The number of methoxy groups -OCH3 is 2. The van der Waals surface area contributed by atoms with E-state index in [9.17, 15) is 0 Å². The number of rotatable bonds is 6. The van der Waals surface area contributed by atoms with E-state index < -0.39 is 0 Å². The van der Waals surface area contributed by atoms with Crippen LogP contribution < -0.4 is 20.5 Å². The van der Waals surface area contributed by atoms with E-state index in [0.29, 0.717) is 6.54 Å². The van der Waals surface area contributed by atoms with Gasteiger partial charge in [0.05, 0.1) is 19.9 Å². The lowest BCUT2D eigenvalue weighted by molar-refractivity contribution is 0.391. The molecule has 0 saturated heterocycles. The predicted octanol–water partition coefficient (Wildman–Crippen LogP) is 2.56.